The number of fused-ring (bicyclic) bond motifs is 1. The smallest absolute Gasteiger partial charge is 0.300 e. The second kappa shape index (κ2) is 6.48. The van der Waals surface area contributed by atoms with E-state index in [-0.39, 0.29) is 6.23 Å². The number of aromatic nitrogens is 4. The lowest BCUT2D eigenvalue weighted by Crippen LogP contribution is -2.19. The van der Waals surface area contributed by atoms with Gasteiger partial charge >= 0.3 is 6.01 Å². The summed E-state index contributed by atoms with van der Waals surface area (Å²) in [6, 6.07) is 4.24. The first-order valence-electron chi connectivity index (χ1n) is 8.01. The number of anilines is 1. The minimum Gasteiger partial charge on any atom is -0.468 e. The van der Waals surface area contributed by atoms with E-state index in [4.69, 9.17) is 13.9 Å². The molecule has 0 aromatic carbocycles. The largest absolute Gasteiger partial charge is 0.468 e. The molecule has 1 unspecified atom stereocenters. The summed E-state index contributed by atoms with van der Waals surface area (Å²) in [5, 5.41) is 3.24. The summed E-state index contributed by atoms with van der Waals surface area (Å²) in [5.41, 5.74) is 1.37. The van der Waals surface area contributed by atoms with Crippen molar-refractivity contribution in [3.05, 3.63) is 30.5 Å². The Morgan fingerprint density at radius 1 is 1.38 bits per heavy atom. The van der Waals surface area contributed by atoms with Gasteiger partial charge in [0.05, 0.1) is 19.9 Å². The van der Waals surface area contributed by atoms with E-state index in [0.717, 1.165) is 31.6 Å². The highest BCUT2D eigenvalue weighted by molar-refractivity contribution is 5.83. The lowest BCUT2D eigenvalue weighted by atomic mass is 10.2. The fourth-order valence-corrected chi connectivity index (χ4v) is 2.93. The Bertz CT molecular complexity index is 809. The van der Waals surface area contributed by atoms with Crippen molar-refractivity contribution < 1.29 is 13.9 Å². The van der Waals surface area contributed by atoms with E-state index >= 15 is 0 Å². The number of hydrogen-bond donors (Lipinski definition) is 1. The number of hydrogen-bond acceptors (Lipinski definition) is 7. The van der Waals surface area contributed by atoms with Crippen molar-refractivity contribution in [2.45, 2.75) is 32.0 Å². The van der Waals surface area contributed by atoms with E-state index in [2.05, 4.69) is 20.3 Å². The maximum absolute atomic E-state index is 5.88. The third-order valence-corrected chi connectivity index (χ3v) is 4.08. The van der Waals surface area contributed by atoms with Crippen LogP contribution in [0.5, 0.6) is 6.01 Å². The van der Waals surface area contributed by atoms with Gasteiger partial charge in [0.25, 0.3) is 0 Å². The van der Waals surface area contributed by atoms with Crippen molar-refractivity contribution in [1.29, 1.82) is 0 Å². The molecule has 3 aromatic rings. The lowest BCUT2D eigenvalue weighted by Gasteiger charge is -2.24. The first-order chi connectivity index (χ1) is 11.9. The fourth-order valence-electron chi connectivity index (χ4n) is 2.93. The van der Waals surface area contributed by atoms with Crippen LogP contribution in [-0.2, 0) is 11.3 Å². The number of methoxy groups -OCH3 is 1. The van der Waals surface area contributed by atoms with Gasteiger partial charge < -0.3 is 19.2 Å². The molecule has 0 radical (unpaired) electrons. The average molecular weight is 329 g/mol. The molecule has 0 amide bonds. The van der Waals surface area contributed by atoms with E-state index in [0.29, 0.717) is 29.5 Å². The predicted molar refractivity (Wildman–Crippen MR) is 86.7 cm³/mol. The molecule has 0 spiro atoms. The van der Waals surface area contributed by atoms with Crippen LogP contribution in [-0.4, -0.2) is 33.2 Å². The highest BCUT2D eigenvalue weighted by Gasteiger charge is 2.25. The molecule has 8 nitrogen and oxygen atoms in total. The van der Waals surface area contributed by atoms with Crippen LogP contribution in [0.3, 0.4) is 0 Å². The van der Waals surface area contributed by atoms with Gasteiger partial charge in [-0.05, 0) is 31.4 Å². The molecular weight excluding hydrogens is 310 g/mol. The summed E-state index contributed by atoms with van der Waals surface area (Å²) in [6.45, 7) is 1.26. The van der Waals surface area contributed by atoms with E-state index in [9.17, 15) is 0 Å². The summed E-state index contributed by atoms with van der Waals surface area (Å²) in [6.07, 6.45) is 6.17. The molecule has 1 N–H and O–H groups in total. The lowest BCUT2D eigenvalue weighted by molar-refractivity contribution is -0.0334. The first-order valence-corrected chi connectivity index (χ1v) is 8.01. The van der Waals surface area contributed by atoms with Gasteiger partial charge in [-0.1, -0.05) is 0 Å². The zero-order valence-corrected chi connectivity index (χ0v) is 13.4. The molecule has 126 valence electrons. The number of rotatable bonds is 5. The molecule has 1 atom stereocenters. The third-order valence-electron chi connectivity index (χ3n) is 4.08. The van der Waals surface area contributed by atoms with Gasteiger partial charge in [-0.15, -0.1) is 0 Å². The third kappa shape index (κ3) is 2.69. The van der Waals surface area contributed by atoms with Gasteiger partial charge in [0.1, 0.15) is 18.3 Å². The number of imidazole rings is 1. The number of furan rings is 1. The molecule has 1 aliphatic rings. The quantitative estimate of drug-likeness (QED) is 0.770. The van der Waals surface area contributed by atoms with E-state index in [1.54, 1.807) is 13.4 Å². The van der Waals surface area contributed by atoms with Gasteiger partial charge in [0.15, 0.2) is 17.0 Å². The van der Waals surface area contributed by atoms with Crippen LogP contribution in [0.15, 0.2) is 29.1 Å². The van der Waals surface area contributed by atoms with Crippen LogP contribution in [0.25, 0.3) is 11.2 Å². The summed E-state index contributed by atoms with van der Waals surface area (Å²) < 4.78 is 18.6. The van der Waals surface area contributed by atoms with Gasteiger partial charge in [0.2, 0.25) is 0 Å². The van der Waals surface area contributed by atoms with E-state index in [1.807, 2.05) is 16.7 Å². The van der Waals surface area contributed by atoms with Crippen molar-refractivity contribution in [2.75, 3.05) is 19.0 Å². The molecule has 4 heterocycles. The van der Waals surface area contributed by atoms with Crippen LogP contribution in [0.1, 0.15) is 31.3 Å². The molecule has 1 fully saturated rings. The summed E-state index contributed by atoms with van der Waals surface area (Å²) in [4.78, 5) is 13.2. The first kappa shape index (κ1) is 14.9. The molecule has 24 heavy (non-hydrogen) atoms. The van der Waals surface area contributed by atoms with Crippen molar-refractivity contribution in [3.63, 3.8) is 0 Å². The molecule has 8 heteroatoms. The van der Waals surface area contributed by atoms with Crippen molar-refractivity contribution >= 4 is 17.0 Å². The monoisotopic (exact) mass is 329 g/mol. The minimum atomic E-state index is -0.105. The van der Waals surface area contributed by atoms with Crippen molar-refractivity contribution in [1.82, 2.24) is 19.5 Å². The Morgan fingerprint density at radius 2 is 2.33 bits per heavy atom. The normalized spacial score (nSPS) is 18.0. The molecular formula is C16H19N5O3. The Kier molecular flexibility index (Phi) is 4.04. The van der Waals surface area contributed by atoms with Gasteiger partial charge in [-0.25, -0.2) is 9.97 Å². The Morgan fingerprint density at radius 3 is 3.08 bits per heavy atom. The van der Waals surface area contributed by atoms with Crippen LogP contribution < -0.4 is 10.1 Å². The maximum atomic E-state index is 5.88. The molecule has 0 aliphatic carbocycles. The highest BCUT2D eigenvalue weighted by atomic mass is 16.5. The zero-order valence-electron chi connectivity index (χ0n) is 13.4. The molecule has 0 saturated carbocycles. The summed E-state index contributed by atoms with van der Waals surface area (Å²) >= 11 is 0. The average Bonchev–Trinajstić information content (AvgIpc) is 3.28. The highest BCUT2D eigenvalue weighted by Crippen LogP contribution is 2.32. The topological polar surface area (TPSA) is 87.2 Å². The number of ether oxygens (including phenoxy) is 2. The Labute approximate surface area is 138 Å². The number of nitrogens with zero attached hydrogens (tertiary/aromatic N) is 4. The van der Waals surface area contributed by atoms with Crippen molar-refractivity contribution in [2.24, 2.45) is 0 Å². The van der Waals surface area contributed by atoms with Crippen LogP contribution in [0, 0.1) is 0 Å². The summed E-state index contributed by atoms with van der Waals surface area (Å²) in [5.74, 6) is 1.47. The number of nitrogens with one attached hydrogen (secondary N) is 1. The minimum absolute atomic E-state index is 0.105. The van der Waals surface area contributed by atoms with Gasteiger partial charge in [-0.2, -0.15) is 4.98 Å². The summed E-state index contributed by atoms with van der Waals surface area (Å²) in [7, 11) is 1.60. The van der Waals surface area contributed by atoms with E-state index in [1.165, 1.54) is 6.33 Å². The Hall–Kier alpha value is -2.61. The molecule has 0 bridgehead atoms. The van der Waals surface area contributed by atoms with Gasteiger partial charge in [-0.3, -0.25) is 4.57 Å². The molecule has 3 aromatic heterocycles. The molecule has 1 aliphatic heterocycles. The van der Waals surface area contributed by atoms with Crippen LogP contribution >= 0.6 is 0 Å². The van der Waals surface area contributed by atoms with Crippen LogP contribution in [0.4, 0.5) is 5.82 Å². The zero-order chi connectivity index (χ0) is 16.4. The second-order valence-electron chi connectivity index (χ2n) is 5.62. The van der Waals surface area contributed by atoms with Gasteiger partial charge in [0, 0.05) is 6.61 Å². The standard InChI is InChI=1S/C16H19N5O3/c1-22-16-20-13-14(17-9-11-5-4-8-23-11)18-10-19-15(13)21(16)12-6-2-3-7-24-12/h4-5,8,10,12H,2-3,6-7,9H2,1H3,(H,17,18,19). The fraction of sp³-hybridized carbons (Fsp3) is 0.438. The molecule has 4 rings (SSSR count). The predicted octanol–water partition coefficient (Wildman–Crippen LogP) is 2.74. The molecule has 1 saturated heterocycles. The second-order valence-corrected chi connectivity index (χ2v) is 5.62. The van der Waals surface area contributed by atoms with Crippen molar-refractivity contribution in [3.8, 4) is 6.01 Å². The SMILES string of the molecule is COc1nc2c(NCc3ccco3)ncnc2n1C1CCCCO1. The maximum Gasteiger partial charge on any atom is 0.300 e. The van der Waals surface area contributed by atoms with Crippen LogP contribution in [0.2, 0.25) is 0 Å². The van der Waals surface area contributed by atoms with E-state index < -0.39 is 0 Å². The Balaban J connectivity index is 1.70.